The molecule has 5 rings (SSSR count). The molecule has 9 heteroatoms. The van der Waals surface area contributed by atoms with Crippen molar-refractivity contribution in [2.24, 2.45) is 0 Å². The van der Waals surface area contributed by atoms with Crippen LogP contribution < -0.4 is 10.6 Å². The standard InChI is InChI=1S/C22H24FN7S/c1-14-13-31-21-19(14)20(25-16-5-3-4-15(23)10-16)27-22(28-21)26-17-11-24-30(12-17)18-6-8-29(2)9-7-18/h3-5,10-13,18H,6-9H2,1-2H3,(H2,25,26,27,28). The normalized spacial score (nSPS) is 15.5. The summed E-state index contributed by atoms with van der Waals surface area (Å²) in [7, 11) is 2.15. The molecule has 1 aromatic carbocycles. The van der Waals surface area contributed by atoms with E-state index in [0.717, 1.165) is 47.4 Å². The van der Waals surface area contributed by atoms with E-state index < -0.39 is 0 Å². The van der Waals surface area contributed by atoms with Gasteiger partial charge in [0.1, 0.15) is 16.5 Å². The first kappa shape index (κ1) is 19.9. The van der Waals surface area contributed by atoms with E-state index >= 15 is 0 Å². The van der Waals surface area contributed by atoms with E-state index in [1.807, 2.05) is 30.1 Å². The molecule has 1 saturated heterocycles. The lowest BCUT2D eigenvalue weighted by molar-refractivity contribution is 0.212. The second-order valence-electron chi connectivity index (χ2n) is 8.00. The van der Waals surface area contributed by atoms with E-state index in [9.17, 15) is 4.39 Å². The third-order valence-electron chi connectivity index (χ3n) is 5.62. The summed E-state index contributed by atoms with van der Waals surface area (Å²) in [5.74, 6) is 0.841. The zero-order chi connectivity index (χ0) is 21.4. The molecule has 0 spiro atoms. The maximum atomic E-state index is 13.7. The Hall–Kier alpha value is -3.04. The third-order valence-corrected chi connectivity index (χ3v) is 6.61. The van der Waals surface area contributed by atoms with Crippen molar-refractivity contribution in [3.63, 3.8) is 0 Å². The Kier molecular flexibility index (Phi) is 5.29. The van der Waals surface area contributed by atoms with E-state index in [1.54, 1.807) is 17.4 Å². The van der Waals surface area contributed by atoms with Crippen LogP contribution in [-0.4, -0.2) is 44.8 Å². The van der Waals surface area contributed by atoms with E-state index in [-0.39, 0.29) is 5.82 Å². The number of halogens is 1. The summed E-state index contributed by atoms with van der Waals surface area (Å²) in [6, 6.07) is 6.78. The topological polar surface area (TPSA) is 70.9 Å². The van der Waals surface area contributed by atoms with Crippen LogP contribution in [0.3, 0.4) is 0 Å². The quantitative estimate of drug-likeness (QED) is 0.453. The Bertz CT molecular complexity index is 1210. The van der Waals surface area contributed by atoms with E-state index in [4.69, 9.17) is 4.98 Å². The van der Waals surface area contributed by atoms with Gasteiger partial charge in [-0.3, -0.25) is 4.68 Å². The maximum absolute atomic E-state index is 13.7. The van der Waals surface area contributed by atoms with Crippen molar-refractivity contribution in [3.8, 4) is 0 Å². The van der Waals surface area contributed by atoms with Crippen LogP contribution in [0.4, 0.5) is 27.5 Å². The summed E-state index contributed by atoms with van der Waals surface area (Å²) in [4.78, 5) is 12.6. The molecule has 0 amide bonds. The number of nitrogens with one attached hydrogen (secondary N) is 2. The van der Waals surface area contributed by atoms with Gasteiger partial charge in [-0.15, -0.1) is 11.3 Å². The number of thiophene rings is 1. The average Bonchev–Trinajstić information content (AvgIpc) is 3.36. The fourth-order valence-corrected chi connectivity index (χ4v) is 4.85. The molecule has 3 aromatic heterocycles. The molecular formula is C22H24FN7S. The third kappa shape index (κ3) is 4.24. The minimum absolute atomic E-state index is 0.294. The number of hydrogen-bond donors (Lipinski definition) is 2. The number of nitrogens with zero attached hydrogens (tertiary/aromatic N) is 5. The number of aryl methyl sites for hydroxylation is 1. The number of rotatable bonds is 5. The summed E-state index contributed by atoms with van der Waals surface area (Å²) < 4.78 is 15.7. The average molecular weight is 438 g/mol. The number of benzene rings is 1. The summed E-state index contributed by atoms with van der Waals surface area (Å²) in [5, 5.41) is 14.1. The van der Waals surface area contributed by atoms with Crippen molar-refractivity contribution in [1.29, 1.82) is 0 Å². The molecule has 0 unspecified atom stereocenters. The lowest BCUT2D eigenvalue weighted by atomic mass is 10.1. The van der Waals surface area contributed by atoms with Crippen molar-refractivity contribution < 1.29 is 4.39 Å². The van der Waals surface area contributed by atoms with E-state index in [2.05, 4.69) is 38.0 Å². The maximum Gasteiger partial charge on any atom is 0.230 e. The number of hydrogen-bond acceptors (Lipinski definition) is 7. The second kappa shape index (κ2) is 8.24. The van der Waals surface area contributed by atoms with E-state index in [1.165, 1.54) is 12.1 Å². The molecule has 4 heterocycles. The number of likely N-dealkylation sites (tertiary alicyclic amines) is 1. The van der Waals surface area contributed by atoms with Gasteiger partial charge in [0.2, 0.25) is 5.95 Å². The SMILES string of the molecule is Cc1csc2nc(Nc3cnn(C4CCN(C)CC4)c3)nc(Nc3cccc(F)c3)c12. The molecule has 0 atom stereocenters. The first-order valence-electron chi connectivity index (χ1n) is 10.3. The van der Waals surface area contributed by atoms with Crippen LogP contribution in [0.5, 0.6) is 0 Å². The molecule has 0 bridgehead atoms. The monoisotopic (exact) mass is 437 g/mol. The molecule has 7 nitrogen and oxygen atoms in total. The zero-order valence-electron chi connectivity index (χ0n) is 17.5. The summed E-state index contributed by atoms with van der Waals surface area (Å²) in [6.45, 7) is 4.19. The van der Waals surface area contributed by atoms with Crippen LogP contribution in [0.2, 0.25) is 0 Å². The predicted molar refractivity (Wildman–Crippen MR) is 123 cm³/mol. The van der Waals surface area contributed by atoms with Crippen LogP contribution >= 0.6 is 11.3 Å². The van der Waals surface area contributed by atoms with Crippen LogP contribution in [0.15, 0.2) is 42.0 Å². The first-order valence-corrected chi connectivity index (χ1v) is 11.2. The smallest absolute Gasteiger partial charge is 0.230 e. The van der Waals surface area contributed by atoms with Crippen molar-refractivity contribution in [2.45, 2.75) is 25.8 Å². The molecule has 0 radical (unpaired) electrons. The summed E-state index contributed by atoms with van der Waals surface area (Å²) in [5.41, 5.74) is 2.58. The van der Waals surface area contributed by atoms with Gasteiger partial charge in [0.05, 0.1) is 23.3 Å². The van der Waals surface area contributed by atoms with Gasteiger partial charge in [0, 0.05) is 11.9 Å². The van der Waals surface area contributed by atoms with Gasteiger partial charge in [0.25, 0.3) is 0 Å². The molecule has 160 valence electrons. The molecule has 0 aliphatic carbocycles. The van der Waals surface area contributed by atoms with Crippen molar-refractivity contribution in [3.05, 3.63) is 53.4 Å². The van der Waals surface area contributed by atoms with Gasteiger partial charge >= 0.3 is 0 Å². The molecule has 1 fully saturated rings. The fraction of sp³-hybridized carbons (Fsp3) is 0.318. The van der Waals surface area contributed by atoms with Crippen LogP contribution in [-0.2, 0) is 0 Å². The minimum atomic E-state index is -0.294. The minimum Gasteiger partial charge on any atom is -0.339 e. The van der Waals surface area contributed by atoms with E-state index in [0.29, 0.717) is 23.5 Å². The first-order chi connectivity index (χ1) is 15.0. The molecule has 2 N–H and O–H groups in total. The second-order valence-corrected chi connectivity index (χ2v) is 8.86. The summed E-state index contributed by atoms with van der Waals surface area (Å²) in [6.07, 6.45) is 6.01. The van der Waals surface area contributed by atoms with Gasteiger partial charge in [-0.25, -0.2) is 9.37 Å². The number of piperidine rings is 1. The Balaban J connectivity index is 1.42. The van der Waals surface area contributed by atoms with Gasteiger partial charge < -0.3 is 15.5 Å². The number of anilines is 4. The molecular weight excluding hydrogens is 413 g/mol. The Morgan fingerprint density at radius 3 is 2.77 bits per heavy atom. The Morgan fingerprint density at radius 1 is 1.13 bits per heavy atom. The largest absolute Gasteiger partial charge is 0.339 e. The molecule has 31 heavy (non-hydrogen) atoms. The molecule has 0 saturated carbocycles. The Labute approximate surface area is 183 Å². The Morgan fingerprint density at radius 2 is 1.97 bits per heavy atom. The highest BCUT2D eigenvalue weighted by Crippen LogP contribution is 2.33. The summed E-state index contributed by atoms with van der Waals surface area (Å²) >= 11 is 1.56. The van der Waals surface area contributed by atoms with Crippen LogP contribution in [0.1, 0.15) is 24.4 Å². The van der Waals surface area contributed by atoms with Crippen LogP contribution in [0.25, 0.3) is 10.2 Å². The molecule has 1 aliphatic heterocycles. The number of fused-ring (bicyclic) bond motifs is 1. The highest BCUT2D eigenvalue weighted by molar-refractivity contribution is 7.17. The molecule has 4 aromatic rings. The molecule has 1 aliphatic rings. The van der Waals surface area contributed by atoms with Crippen molar-refractivity contribution in [2.75, 3.05) is 30.8 Å². The van der Waals surface area contributed by atoms with Gasteiger partial charge in [-0.2, -0.15) is 10.1 Å². The fourth-order valence-electron chi connectivity index (χ4n) is 3.92. The van der Waals surface area contributed by atoms with Gasteiger partial charge in [-0.05, 0) is 69.0 Å². The predicted octanol–water partition coefficient (Wildman–Crippen LogP) is 5.09. The number of aromatic nitrogens is 4. The van der Waals surface area contributed by atoms with Crippen molar-refractivity contribution >= 4 is 44.7 Å². The van der Waals surface area contributed by atoms with Crippen LogP contribution in [0, 0.1) is 12.7 Å². The lowest BCUT2D eigenvalue weighted by Gasteiger charge is -2.28. The van der Waals surface area contributed by atoms with Crippen molar-refractivity contribution in [1.82, 2.24) is 24.6 Å². The highest BCUT2D eigenvalue weighted by atomic mass is 32.1. The van der Waals surface area contributed by atoms with Gasteiger partial charge in [0.15, 0.2) is 0 Å². The lowest BCUT2D eigenvalue weighted by Crippen LogP contribution is -2.31. The highest BCUT2D eigenvalue weighted by Gasteiger charge is 2.19. The zero-order valence-corrected chi connectivity index (χ0v) is 18.3. The van der Waals surface area contributed by atoms with Gasteiger partial charge in [-0.1, -0.05) is 6.07 Å².